The largest absolute Gasteiger partial charge is 0.327 e. The highest BCUT2D eigenvalue weighted by molar-refractivity contribution is 5.12. The lowest BCUT2D eigenvalue weighted by Crippen LogP contribution is -2.01. The van der Waals surface area contributed by atoms with Crippen LogP contribution in [0.15, 0.2) is 23.8 Å². The fourth-order valence-electron chi connectivity index (χ4n) is 0.670. The average molecular weight is 139 g/mol. The van der Waals surface area contributed by atoms with Gasteiger partial charge in [0.1, 0.15) is 0 Å². The Balaban J connectivity index is 3.74. The Labute approximate surface area is 63.6 Å². The molecule has 0 aliphatic heterocycles. The molecule has 0 rings (SSSR count). The molecule has 1 heteroatoms. The molecule has 2 N–H and O–H groups in total. The molecule has 0 saturated heterocycles. The minimum atomic E-state index is 0.685. The summed E-state index contributed by atoms with van der Waals surface area (Å²) in [6, 6.07) is 0. The highest BCUT2D eigenvalue weighted by Crippen LogP contribution is 1.97. The van der Waals surface area contributed by atoms with E-state index in [9.17, 15) is 0 Å². The summed E-state index contributed by atoms with van der Waals surface area (Å²) < 4.78 is 0. The van der Waals surface area contributed by atoms with Gasteiger partial charge in [0.15, 0.2) is 0 Å². The first-order valence-electron chi connectivity index (χ1n) is 3.89. The van der Waals surface area contributed by atoms with Crippen molar-refractivity contribution in [2.75, 3.05) is 6.54 Å². The summed E-state index contributed by atoms with van der Waals surface area (Å²) in [7, 11) is 0. The Kier molecular flexibility index (Phi) is 6.19. The highest BCUT2D eigenvalue weighted by atomic mass is 14.5. The van der Waals surface area contributed by atoms with E-state index in [0.717, 1.165) is 12.8 Å². The molecule has 0 aromatic heterocycles. The summed E-state index contributed by atoms with van der Waals surface area (Å²) in [4.78, 5) is 0. The summed E-state index contributed by atoms with van der Waals surface area (Å²) in [5, 5.41) is 0. The van der Waals surface area contributed by atoms with Gasteiger partial charge in [0.2, 0.25) is 0 Å². The normalized spacial score (nSPS) is 12.9. The van der Waals surface area contributed by atoms with Crippen LogP contribution in [0, 0.1) is 0 Å². The smallest absolute Gasteiger partial charge is 0.0139 e. The van der Waals surface area contributed by atoms with Crippen molar-refractivity contribution in [1.82, 2.24) is 0 Å². The van der Waals surface area contributed by atoms with E-state index >= 15 is 0 Å². The molecule has 0 heterocycles. The number of rotatable bonds is 4. The van der Waals surface area contributed by atoms with Gasteiger partial charge in [-0.05, 0) is 12.8 Å². The maximum atomic E-state index is 5.46. The molecule has 0 unspecified atom stereocenters. The third-order valence-electron chi connectivity index (χ3n) is 1.42. The van der Waals surface area contributed by atoms with Crippen LogP contribution >= 0.6 is 0 Å². The van der Waals surface area contributed by atoms with Crippen LogP contribution in [0.25, 0.3) is 0 Å². The Morgan fingerprint density at radius 1 is 1.40 bits per heavy atom. The van der Waals surface area contributed by atoms with Gasteiger partial charge in [0, 0.05) is 6.54 Å². The molecule has 10 heavy (non-hydrogen) atoms. The van der Waals surface area contributed by atoms with Gasteiger partial charge in [-0.1, -0.05) is 37.6 Å². The first kappa shape index (κ1) is 9.44. The fraction of sp³-hybridized carbons (Fsp3) is 0.556. The van der Waals surface area contributed by atoms with Gasteiger partial charge >= 0.3 is 0 Å². The molecule has 0 bridgehead atoms. The molecule has 0 radical (unpaired) electrons. The molecular weight excluding hydrogens is 122 g/mol. The molecule has 0 aromatic rings. The second kappa shape index (κ2) is 6.56. The van der Waals surface area contributed by atoms with Crippen LogP contribution in [0.1, 0.15) is 26.7 Å². The zero-order chi connectivity index (χ0) is 7.82. The first-order valence-corrected chi connectivity index (χ1v) is 3.89. The molecular formula is C9H17N. The Bertz CT molecular complexity index is 117. The molecule has 1 nitrogen and oxygen atoms in total. The summed E-state index contributed by atoms with van der Waals surface area (Å²) in [6.07, 6.45) is 8.46. The van der Waals surface area contributed by atoms with Crippen molar-refractivity contribution in [1.29, 1.82) is 0 Å². The van der Waals surface area contributed by atoms with Gasteiger partial charge in [0.05, 0.1) is 0 Å². The van der Waals surface area contributed by atoms with Crippen LogP contribution < -0.4 is 5.73 Å². The van der Waals surface area contributed by atoms with Crippen LogP contribution in [-0.4, -0.2) is 6.54 Å². The molecule has 0 saturated carbocycles. The molecule has 58 valence electrons. The van der Waals surface area contributed by atoms with Crippen molar-refractivity contribution in [3.63, 3.8) is 0 Å². The van der Waals surface area contributed by atoms with E-state index in [-0.39, 0.29) is 0 Å². The van der Waals surface area contributed by atoms with Gasteiger partial charge in [0.25, 0.3) is 0 Å². The maximum absolute atomic E-state index is 5.46. The van der Waals surface area contributed by atoms with Gasteiger partial charge in [-0.3, -0.25) is 0 Å². The SMILES string of the molecule is CC/C=C\C=C(/CC)CN. The second-order valence-electron chi connectivity index (χ2n) is 2.22. The summed E-state index contributed by atoms with van der Waals surface area (Å²) >= 11 is 0. The number of nitrogens with two attached hydrogens (primary N) is 1. The zero-order valence-corrected chi connectivity index (χ0v) is 6.93. The molecule has 0 aliphatic carbocycles. The average Bonchev–Trinajstić information content (AvgIpc) is 1.99. The van der Waals surface area contributed by atoms with Crippen molar-refractivity contribution in [3.8, 4) is 0 Å². The lowest BCUT2D eigenvalue weighted by atomic mass is 10.2. The van der Waals surface area contributed by atoms with Crippen molar-refractivity contribution in [2.45, 2.75) is 26.7 Å². The third-order valence-corrected chi connectivity index (χ3v) is 1.42. The molecule has 0 amide bonds. The topological polar surface area (TPSA) is 26.0 Å². The van der Waals surface area contributed by atoms with Gasteiger partial charge in [-0.25, -0.2) is 0 Å². The van der Waals surface area contributed by atoms with Crippen LogP contribution in [0.5, 0.6) is 0 Å². The molecule has 0 aliphatic rings. The Hall–Kier alpha value is -0.560. The minimum absolute atomic E-state index is 0.685. The molecule has 0 aromatic carbocycles. The van der Waals surface area contributed by atoms with Crippen molar-refractivity contribution in [2.24, 2.45) is 5.73 Å². The quantitative estimate of drug-likeness (QED) is 0.594. The lowest BCUT2D eigenvalue weighted by molar-refractivity contribution is 1.01. The van der Waals surface area contributed by atoms with Crippen LogP contribution in [-0.2, 0) is 0 Å². The maximum Gasteiger partial charge on any atom is 0.0139 e. The number of hydrogen-bond donors (Lipinski definition) is 1. The van der Waals surface area contributed by atoms with Crippen molar-refractivity contribution >= 4 is 0 Å². The predicted molar refractivity (Wildman–Crippen MR) is 46.9 cm³/mol. The van der Waals surface area contributed by atoms with E-state index in [0.29, 0.717) is 6.54 Å². The minimum Gasteiger partial charge on any atom is -0.327 e. The zero-order valence-electron chi connectivity index (χ0n) is 6.93. The Morgan fingerprint density at radius 2 is 2.10 bits per heavy atom. The van der Waals surface area contributed by atoms with Crippen LogP contribution in [0.2, 0.25) is 0 Å². The third kappa shape index (κ3) is 4.33. The molecule has 0 fully saturated rings. The van der Waals surface area contributed by atoms with E-state index in [2.05, 4.69) is 32.1 Å². The lowest BCUT2D eigenvalue weighted by Gasteiger charge is -1.94. The second-order valence-corrected chi connectivity index (χ2v) is 2.22. The monoisotopic (exact) mass is 139 g/mol. The number of allylic oxidation sites excluding steroid dienone is 3. The van der Waals surface area contributed by atoms with E-state index in [4.69, 9.17) is 5.73 Å². The summed E-state index contributed by atoms with van der Waals surface area (Å²) in [5.74, 6) is 0. The molecule has 0 atom stereocenters. The van der Waals surface area contributed by atoms with Crippen molar-refractivity contribution in [3.05, 3.63) is 23.8 Å². The summed E-state index contributed by atoms with van der Waals surface area (Å²) in [5.41, 5.74) is 6.77. The van der Waals surface area contributed by atoms with Crippen molar-refractivity contribution < 1.29 is 0 Å². The van der Waals surface area contributed by atoms with Crippen LogP contribution in [0.4, 0.5) is 0 Å². The molecule has 0 spiro atoms. The van der Waals surface area contributed by atoms with E-state index in [1.807, 2.05) is 0 Å². The van der Waals surface area contributed by atoms with Gasteiger partial charge < -0.3 is 5.73 Å². The van der Waals surface area contributed by atoms with Crippen LogP contribution in [0.3, 0.4) is 0 Å². The Morgan fingerprint density at radius 3 is 2.50 bits per heavy atom. The standard InChI is InChI=1S/C9H17N/c1-3-5-6-7-9(4-2)8-10/h5-7H,3-4,8,10H2,1-2H3/b6-5-,9-7+. The first-order chi connectivity index (χ1) is 4.85. The van der Waals surface area contributed by atoms with E-state index < -0.39 is 0 Å². The van der Waals surface area contributed by atoms with E-state index in [1.54, 1.807) is 0 Å². The van der Waals surface area contributed by atoms with Gasteiger partial charge in [-0.2, -0.15) is 0 Å². The highest BCUT2D eigenvalue weighted by Gasteiger charge is 1.84. The van der Waals surface area contributed by atoms with E-state index in [1.165, 1.54) is 5.57 Å². The summed E-state index contributed by atoms with van der Waals surface area (Å²) in [6.45, 7) is 4.93. The number of hydrogen-bond acceptors (Lipinski definition) is 1. The predicted octanol–water partition coefficient (Wildman–Crippen LogP) is 2.25. The van der Waals surface area contributed by atoms with Gasteiger partial charge in [-0.15, -0.1) is 0 Å². The fourth-order valence-corrected chi connectivity index (χ4v) is 0.670.